The molecule has 0 bridgehead atoms. The summed E-state index contributed by atoms with van der Waals surface area (Å²) >= 11 is 11.5. The topological polar surface area (TPSA) is 46.5 Å². The largest absolute Gasteiger partial charge is 0.479 e. The Kier molecular flexibility index (Phi) is 3.11. The number of carbonyl (C=O) groups is 1. The van der Waals surface area contributed by atoms with Gasteiger partial charge in [0.05, 0.1) is 5.02 Å². The smallest absolute Gasteiger partial charge is 0.344 e. The normalized spacial score (nSPS) is 12.9. The van der Waals surface area contributed by atoms with Crippen molar-refractivity contribution in [3.8, 4) is 5.75 Å². The lowest BCUT2D eigenvalue weighted by molar-refractivity contribution is -0.144. The summed E-state index contributed by atoms with van der Waals surface area (Å²) in [5, 5.41) is 4.54. The minimum atomic E-state index is -0.888. The van der Waals surface area contributed by atoms with E-state index in [2.05, 4.69) is 5.11 Å². The predicted molar refractivity (Wildman–Crippen MR) is 54.2 cm³/mol. The number of hydrogen-bond acceptors (Lipinski definition) is 3. The van der Waals surface area contributed by atoms with Crippen molar-refractivity contribution in [3.05, 3.63) is 28.2 Å². The van der Waals surface area contributed by atoms with Crippen LogP contribution in [0.3, 0.4) is 0 Å². The van der Waals surface area contributed by atoms with Crippen LogP contribution in [0.15, 0.2) is 18.2 Å². The molecule has 0 amide bonds. The summed E-state index contributed by atoms with van der Waals surface area (Å²) in [6.07, 6.45) is -0.888. The van der Waals surface area contributed by atoms with Crippen LogP contribution in [0.1, 0.15) is 6.92 Å². The molecule has 1 N–H and O–H groups in total. The zero-order valence-corrected chi connectivity index (χ0v) is 8.80. The van der Waals surface area contributed by atoms with E-state index in [-0.39, 0.29) is 0 Å². The first-order chi connectivity index (χ1) is 7.04. The summed E-state index contributed by atoms with van der Waals surface area (Å²) in [6.45, 7) is 1.46. The van der Waals surface area contributed by atoms with Crippen LogP contribution in [0.2, 0.25) is 10.0 Å². The predicted octanol–water partition coefficient (Wildman–Crippen LogP) is 2.85. The minimum absolute atomic E-state index is 0.298. The molecule has 0 aliphatic rings. The Morgan fingerprint density at radius 2 is 2.36 bits per heavy atom. The molecule has 1 aromatic carbocycles. The van der Waals surface area contributed by atoms with E-state index in [0.29, 0.717) is 15.8 Å². The van der Waals surface area contributed by atoms with Gasteiger partial charge in [0.25, 0.3) is 1.43 Å². The highest BCUT2D eigenvalue weighted by atomic mass is 35.5. The second-order valence-corrected chi connectivity index (χ2v) is 3.50. The van der Waals surface area contributed by atoms with E-state index in [0.717, 1.165) is 0 Å². The molecule has 0 aromatic heterocycles. The van der Waals surface area contributed by atoms with Crippen molar-refractivity contribution in [3.63, 3.8) is 0 Å². The molecule has 1 atom stereocenters. The zero-order valence-electron chi connectivity index (χ0n) is 8.29. The van der Waals surface area contributed by atoms with Gasteiger partial charge in [-0.15, -0.1) is 0 Å². The highest BCUT2D eigenvalue weighted by Crippen LogP contribution is 2.28. The van der Waals surface area contributed by atoms with E-state index in [1.54, 1.807) is 12.1 Å². The van der Waals surface area contributed by atoms with Crippen molar-refractivity contribution in [2.75, 3.05) is 0 Å². The van der Waals surface area contributed by atoms with Gasteiger partial charge in [0.15, 0.2) is 6.10 Å². The van der Waals surface area contributed by atoms with Crippen LogP contribution < -0.4 is 4.74 Å². The van der Waals surface area contributed by atoms with E-state index >= 15 is 0 Å². The van der Waals surface area contributed by atoms with Crippen molar-refractivity contribution >= 4 is 29.2 Å². The first kappa shape index (κ1) is 9.62. The van der Waals surface area contributed by atoms with E-state index < -0.39 is 12.1 Å². The van der Waals surface area contributed by atoms with Crippen LogP contribution in [0.4, 0.5) is 0 Å². The fraction of sp³-hybridized carbons (Fsp3) is 0.222. The number of hydrogen-bond donors (Lipinski definition) is 1. The fourth-order valence-electron chi connectivity index (χ4n) is 0.809. The molecule has 1 unspecified atom stereocenters. The van der Waals surface area contributed by atoms with Crippen molar-refractivity contribution in [1.29, 1.82) is 1.43 Å². The highest BCUT2D eigenvalue weighted by Gasteiger charge is 2.14. The van der Waals surface area contributed by atoms with Crippen LogP contribution in [-0.4, -0.2) is 17.2 Å². The Balaban J connectivity index is 2.76. The SMILES string of the molecule is [2H]OC(=O)C(C)Oc1ccc(Cl)cc1Cl. The molecule has 1 aromatic rings. The maximum Gasteiger partial charge on any atom is 0.344 e. The fourth-order valence-corrected chi connectivity index (χ4v) is 1.26. The number of benzene rings is 1. The van der Waals surface area contributed by atoms with Gasteiger partial charge in [0.2, 0.25) is 0 Å². The number of carboxylic acid groups (broad SMARTS) is 1. The summed E-state index contributed by atoms with van der Waals surface area (Å²) in [5.41, 5.74) is 0. The molecule has 76 valence electrons. The average molecular weight is 236 g/mol. The number of ether oxygens (including phenoxy) is 1. The highest BCUT2D eigenvalue weighted by molar-refractivity contribution is 6.35. The third-order valence-corrected chi connectivity index (χ3v) is 2.06. The maximum atomic E-state index is 10.9. The lowest BCUT2D eigenvalue weighted by atomic mass is 10.3. The number of rotatable bonds is 3. The van der Waals surface area contributed by atoms with Gasteiger partial charge < -0.3 is 9.85 Å². The van der Waals surface area contributed by atoms with Crippen LogP contribution in [0.25, 0.3) is 1.43 Å². The van der Waals surface area contributed by atoms with Crippen LogP contribution in [0, 0.1) is 0 Å². The Labute approximate surface area is 92.7 Å². The quantitative estimate of drug-likeness (QED) is 0.877. The monoisotopic (exact) mass is 235 g/mol. The van der Waals surface area contributed by atoms with Gasteiger partial charge in [0.1, 0.15) is 5.75 Å². The van der Waals surface area contributed by atoms with Crippen LogP contribution in [0.5, 0.6) is 5.75 Å². The van der Waals surface area contributed by atoms with Gasteiger partial charge in [0, 0.05) is 5.02 Å². The van der Waals surface area contributed by atoms with Gasteiger partial charge in [-0.1, -0.05) is 23.2 Å². The maximum absolute atomic E-state index is 10.9. The molecule has 0 saturated heterocycles. The lowest BCUT2D eigenvalue weighted by Crippen LogP contribution is -2.22. The lowest BCUT2D eigenvalue weighted by Gasteiger charge is -2.11. The number of halogens is 2. The third kappa shape index (κ3) is 2.79. The van der Waals surface area contributed by atoms with E-state index in [1.807, 2.05) is 0 Å². The second-order valence-electron chi connectivity index (χ2n) is 2.65. The van der Waals surface area contributed by atoms with E-state index in [9.17, 15) is 4.79 Å². The van der Waals surface area contributed by atoms with Crippen molar-refractivity contribution in [1.82, 2.24) is 0 Å². The Morgan fingerprint density at radius 1 is 1.64 bits per heavy atom. The number of aliphatic carboxylic acids is 1. The molecule has 3 nitrogen and oxygen atoms in total. The molecule has 0 fully saturated rings. The summed E-state index contributed by atoms with van der Waals surface area (Å²) in [6, 6.07) is 4.62. The summed E-state index contributed by atoms with van der Waals surface area (Å²) in [7, 11) is 0. The molecule has 14 heavy (non-hydrogen) atoms. The van der Waals surface area contributed by atoms with Gasteiger partial charge in [-0.2, -0.15) is 0 Å². The molecular weight excluding hydrogens is 227 g/mol. The minimum Gasteiger partial charge on any atom is -0.479 e. The zero-order chi connectivity index (χ0) is 11.4. The molecule has 5 heteroatoms. The van der Waals surface area contributed by atoms with Crippen LogP contribution in [-0.2, 0) is 4.79 Å². The average Bonchev–Trinajstić information content (AvgIpc) is 2.20. The summed E-state index contributed by atoms with van der Waals surface area (Å²) < 4.78 is 11.6. The van der Waals surface area contributed by atoms with Gasteiger partial charge in [-0.25, -0.2) is 4.79 Å². The number of carboxylic acids is 1. The molecule has 0 spiro atoms. The Hall–Kier alpha value is -0.930. The summed E-state index contributed by atoms with van der Waals surface area (Å²) in [5.74, 6) is -0.472. The third-order valence-electron chi connectivity index (χ3n) is 1.53. The molecular formula is C9H8Cl2O3. The standard InChI is InChI=1S/C9H8Cl2O3/c1-5(9(12)13)14-8-3-2-6(10)4-7(8)11/h2-5H,1H3,(H,12,13)/i/hD. The molecule has 0 saturated carbocycles. The van der Waals surface area contributed by atoms with Gasteiger partial charge in [-0.3, -0.25) is 0 Å². The molecule has 1 rings (SSSR count). The Morgan fingerprint density at radius 3 is 2.93 bits per heavy atom. The van der Waals surface area contributed by atoms with Crippen LogP contribution >= 0.6 is 23.2 Å². The first-order valence-corrected chi connectivity index (χ1v) is 4.59. The van der Waals surface area contributed by atoms with Crippen molar-refractivity contribution < 1.29 is 14.6 Å². The van der Waals surface area contributed by atoms with E-state index in [1.165, 1.54) is 13.0 Å². The molecule has 0 aliphatic carbocycles. The van der Waals surface area contributed by atoms with Gasteiger partial charge in [-0.05, 0) is 25.1 Å². The Bertz CT molecular complexity index is 370. The van der Waals surface area contributed by atoms with Gasteiger partial charge >= 0.3 is 5.97 Å². The van der Waals surface area contributed by atoms with Crippen molar-refractivity contribution in [2.45, 2.75) is 13.0 Å². The molecule has 0 aliphatic heterocycles. The van der Waals surface area contributed by atoms with E-state index in [4.69, 9.17) is 29.4 Å². The van der Waals surface area contributed by atoms with Crippen molar-refractivity contribution in [2.24, 2.45) is 0 Å². The molecule has 0 radical (unpaired) electrons. The molecule has 0 heterocycles. The first-order valence-electron chi connectivity index (χ1n) is 4.24. The summed E-state index contributed by atoms with van der Waals surface area (Å²) in [4.78, 5) is 10.9. The second kappa shape index (κ2) is 4.53.